The highest BCUT2D eigenvalue weighted by atomic mass is 32.1. The Morgan fingerprint density at radius 1 is 0.432 bits per heavy atom. The van der Waals surface area contributed by atoms with Crippen LogP contribution in [0.1, 0.15) is 0 Å². The van der Waals surface area contributed by atoms with E-state index in [4.69, 9.17) is 0 Å². The van der Waals surface area contributed by atoms with Gasteiger partial charge in [-0.05, 0) is 70.3 Å². The Balaban J connectivity index is 1.24. The summed E-state index contributed by atoms with van der Waals surface area (Å²) in [5.41, 5.74) is 10.6. The fourth-order valence-electron chi connectivity index (χ4n) is 6.01. The minimum Gasteiger partial charge on any atom is -0.310 e. The van der Waals surface area contributed by atoms with Gasteiger partial charge in [0.05, 0.1) is 10.4 Å². The molecule has 8 rings (SSSR count). The molecular formula is C41H28N2S. The van der Waals surface area contributed by atoms with E-state index in [9.17, 15) is 0 Å². The van der Waals surface area contributed by atoms with E-state index in [0.29, 0.717) is 0 Å². The molecule has 208 valence electrons. The highest BCUT2D eigenvalue weighted by Gasteiger charge is 2.18. The van der Waals surface area contributed by atoms with E-state index in [2.05, 4.69) is 168 Å². The van der Waals surface area contributed by atoms with E-state index in [-0.39, 0.29) is 0 Å². The molecule has 3 heteroatoms. The van der Waals surface area contributed by atoms with Crippen LogP contribution in [0.5, 0.6) is 0 Å². The Labute approximate surface area is 261 Å². The molecule has 2 nitrogen and oxygen atoms in total. The number of para-hydroxylation sites is 1. The van der Waals surface area contributed by atoms with Crippen molar-refractivity contribution in [1.29, 1.82) is 0 Å². The maximum atomic E-state index is 4.36. The van der Waals surface area contributed by atoms with Crippen molar-refractivity contribution in [3.8, 4) is 33.4 Å². The largest absolute Gasteiger partial charge is 0.310 e. The van der Waals surface area contributed by atoms with Crippen LogP contribution in [0.3, 0.4) is 0 Å². The van der Waals surface area contributed by atoms with Gasteiger partial charge in [-0.2, -0.15) is 0 Å². The van der Waals surface area contributed by atoms with E-state index in [1.54, 1.807) is 11.3 Å². The summed E-state index contributed by atoms with van der Waals surface area (Å²) in [6.45, 7) is 0. The van der Waals surface area contributed by atoms with Crippen LogP contribution in [-0.4, -0.2) is 4.98 Å². The summed E-state index contributed by atoms with van der Waals surface area (Å²) in [5.74, 6) is 0. The molecule has 8 aromatic rings. The lowest BCUT2D eigenvalue weighted by Crippen LogP contribution is -2.11. The van der Waals surface area contributed by atoms with Crippen LogP contribution in [0.2, 0.25) is 0 Å². The molecule has 0 saturated carbocycles. The first-order chi connectivity index (χ1) is 21.8. The number of fused-ring (bicyclic) bond motifs is 3. The molecule has 0 saturated heterocycles. The van der Waals surface area contributed by atoms with Crippen molar-refractivity contribution in [3.05, 3.63) is 170 Å². The average molecular weight is 581 g/mol. The molecule has 0 bridgehead atoms. The fourth-order valence-corrected chi connectivity index (χ4v) is 7.06. The van der Waals surface area contributed by atoms with Crippen LogP contribution in [0.4, 0.5) is 17.1 Å². The number of hydrogen-bond acceptors (Lipinski definition) is 3. The number of thiophene rings is 1. The number of rotatable bonds is 6. The van der Waals surface area contributed by atoms with Crippen molar-refractivity contribution in [2.24, 2.45) is 0 Å². The summed E-state index contributed by atoms with van der Waals surface area (Å²) in [6.07, 6.45) is 3.85. The molecule has 0 N–H and O–H groups in total. The zero-order chi connectivity index (χ0) is 29.3. The summed E-state index contributed by atoms with van der Waals surface area (Å²) in [4.78, 5) is 6.74. The molecule has 0 fully saturated rings. The standard InChI is InChI=1S/C41H28N2S/c1-3-9-29(10-4-1)30-15-17-31(18-16-30)32-19-21-34(22-20-32)43(39-14-8-7-13-36(39)33-11-5-2-6-12-33)35-23-24-40-38(27-35)37-25-26-42-28-41(37)44-40/h1-28H. The molecule has 0 aliphatic heterocycles. The topological polar surface area (TPSA) is 16.1 Å². The molecule has 0 aliphatic carbocycles. The highest BCUT2D eigenvalue weighted by molar-refractivity contribution is 7.25. The molecule has 0 unspecified atom stereocenters. The predicted octanol–water partition coefficient (Wildman–Crippen LogP) is 11.9. The van der Waals surface area contributed by atoms with Gasteiger partial charge in [0.15, 0.2) is 0 Å². The smallest absolute Gasteiger partial charge is 0.0540 e. The lowest BCUT2D eigenvalue weighted by Gasteiger charge is -2.28. The van der Waals surface area contributed by atoms with E-state index < -0.39 is 0 Å². The molecule has 0 aliphatic rings. The van der Waals surface area contributed by atoms with Crippen LogP contribution in [-0.2, 0) is 0 Å². The van der Waals surface area contributed by atoms with Crippen LogP contribution in [0.25, 0.3) is 53.6 Å². The van der Waals surface area contributed by atoms with Gasteiger partial charge in [-0.1, -0.05) is 115 Å². The van der Waals surface area contributed by atoms with Crippen molar-refractivity contribution < 1.29 is 0 Å². The lowest BCUT2D eigenvalue weighted by molar-refractivity contribution is 1.29. The third-order valence-electron chi connectivity index (χ3n) is 8.20. The van der Waals surface area contributed by atoms with Gasteiger partial charge in [0, 0.05) is 44.8 Å². The molecular weight excluding hydrogens is 553 g/mol. The molecule has 2 heterocycles. The summed E-state index contributed by atoms with van der Waals surface area (Å²) in [6, 6.07) is 56.6. The second-order valence-electron chi connectivity index (χ2n) is 10.9. The Morgan fingerprint density at radius 2 is 1.00 bits per heavy atom. The van der Waals surface area contributed by atoms with Gasteiger partial charge in [-0.25, -0.2) is 0 Å². The third-order valence-corrected chi connectivity index (χ3v) is 9.32. The number of nitrogens with zero attached hydrogens (tertiary/aromatic N) is 2. The maximum absolute atomic E-state index is 4.36. The van der Waals surface area contributed by atoms with Crippen molar-refractivity contribution in [1.82, 2.24) is 4.98 Å². The van der Waals surface area contributed by atoms with Crippen molar-refractivity contribution >= 4 is 48.6 Å². The van der Waals surface area contributed by atoms with Gasteiger partial charge in [0.2, 0.25) is 0 Å². The van der Waals surface area contributed by atoms with Gasteiger partial charge in [0.1, 0.15) is 0 Å². The van der Waals surface area contributed by atoms with E-state index in [1.165, 1.54) is 53.6 Å². The molecule has 0 amide bonds. The average Bonchev–Trinajstić information content (AvgIpc) is 3.48. The number of anilines is 3. The third kappa shape index (κ3) is 4.84. The lowest BCUT2D eigenvalue weighted by atomic mass is 9.99. The summed E-state index contributed by atoms with van der Waals surface area (Å²) in [5, 5.41) is 2.50. The van der Waals surface area contributed by atoms with Crippen LogP contribution < -0.4 is 4.90 Å². The number of benzene rings is 6. The highest BCUT2D eigenvalue weighted by Crippen LogP contribution is 2.44. The fraction of sp³-hybridized carbons (Fsp3) is 0. The zero-order valence-electron chi connectivity index (χ0n) is 24.0. The molecule has 6 aromatic carbocycles. The summed E-state index contributed by atoms with van der Waals surface area (Å²) < 4.78 is 2.47. The first-order valence-electron chi connectivity index (χ1n) is 14.8. The maximum Gasteiger partial charge on any atom is 0.0540 e. The van der Waals surface area contributed by atoms with Crippen LogP contribution >= 0.6 is 11.3 Å². The number of hydrogen-bond donors (Lipinski definition) is 0. The molecule has 0 radical (unpaired) electrons. The van der Waals surface area contributed by atoms with Crippen LogP contribution in [0, 0.1) is 0 Å². The first-order valence-corrected chi connectivity index (χ1v) is 15.6. The van der Waals surface area contributed by atoms with Crippen molar-refractivity contribution in [2.45, 2.75) is 0 Å². The SMILES string of the molecule is c1ccc(-c2ccc(-c3ccc(N(c4ccc5sc6cnccc6c5c4)c4ccccc4-c4ccccc4)cc3)cc2)cc1. The second-order valence-corrected chi connectivity index (χ2v) is 11.9. The molecule has 44 heavy (non-hydrogen) atoms. The zero-order valence-corrected chi connectivity index (χ0v) is 24.8. The van der Waals surface area contributed by atoms with Gasteiger partial charge in [-0.15, -0.1) is 11.3 Å². The van der Waals surface area contributed by atoms with Crippen LogP contribution in [0.15, 0.2) is 170 Å². The van der Waals surface area contributed by atoms with Crippen molar-refractivity contribution in [3.63, 3.8) is 0 Å². The normalized spacial score (nSPS) is 11.2. The monoisotopic (exact) mass is 580 g/mol. The molecule has 2 aromatic heterocycles. The Morgan fingerprint density at radius 3 is 1.70 bits per heavy atom. The number of pyridine rings is 1. The summed E-state index contributed by atoms with van der Waals surface area (Å²) >= 11 is 1.79. The quantitative estimate of drug-likeness (QED) is 0.194. The Kier molecular flexibility index (Phi) is 6.71. The van der Waals surface area contributed by atoms with E-state index in [0.717, 1.165) is 17.1 Å². The Bertz CT molecular complexity index is 2200. The second kappa shape index (κ2) is 11.3. The van der Waals surface area contributed by atoms with Gasteiger partial charge < -0.3 is 4.90 Å². The number of aromatic nitrogens is 1. The Hall–Kier alpha value is -5.51. The van der Waals surface area contributed by atoms with Gasteiger partial charge >= 0.3 is 0 Å². The van der Waals surface area contributed by atoms with E-state index >= 15 is 0 Å². The first kappa shape index (κ1) is 26.1. The van der Waals surface area contributed by atoms with Gasteiger partial charge in [0.25, 0.3) is 0 Å². The predicted molar refractivity (Wildman–Crippen MR) is 188 cm³/mol. The summed E-state index contributed by atoms with van der Waals surface area (Å²) in [7, 11) is 0. The minimum absolute atomic E-state index is 1.11. The van der Waals surface area contributed by atoms with Gasteiger partial charge in [-0.3, -0.25) is 4.98 Å². The van der Waals surface area contributed by atoms with E-state index in [1.807, 2.05) is 12.4 Å². The molecule has 0 spiro atoms. The minimum atomic E-state index is 1.11. The molecule has 0 atom stereocenters. The van der Waals surface area contributed by atoms with Crippen molar-refractivity contribution in [2.75, 3.05) is 4.90 Å².